The predicted octanol–water partition coefficient (Wildman–Crippen LogP) is 0.286. The number of hydrogen-bond donors (Lipinski definition) is 1. The van der Waals surface area contributed by atoms with Gasteiger partial charge >= 0.3 is 0 Å². The van der Waals surface area contributed by atoms with E-state index in [1.807, 2.05) is 0 Å². The summed E-state index contributed by atoms with van der Waals surface area (Å²) in [6.07, 6.45) is 2.53. The first kappa shape index (κ1) is 3.47. The molecule has 0 aliphatic carbocycles. The molecule has 0 aromatic heterocycles. The van der Waals surface area contributed by atoms with Gasteiger partial charge in [0.2, 0.25) is 5.91 Å². The molecule has 1 aliphatic heterocycles. The molecule has 1 rings (SSSR count). The second-order valence-electron chi connectivity index (χ2n) is 1.73. The fourth-order valence-electron chi connectivity index (χ4n) is 0.671. The molecule has 7 heavy (non-hydrogen) atoms. The van der Waals surface area contributed by atoms with Crippen LogP contribution in [0.1, 0.15) is 19.3 Å². The van der Waals surface area contributed by atoms with Crippen LogP contribution in [0.2, 0.25) is 1.41 Å². The summed E-state index contributed by atoms with van der Waals surface area (Å²) in [6.45, 7) is 0.624. The van der Waals surface area contributed by atoms with Gasteiger partial charge in [-0.1, -0.05) is 0 Å². The highest BCUT2D eigenvalue weighted by molar-refractivity contribution is 5.76. The standard InChI is InChI=1S/C5H9NO/c7-5-3-1-2-4-6-5/h1-4H2,(H,6,7)/i/hD. The zero-order chi connectivity index (χ0) is 5.98. The lowest BCUT2D eigenvalue weighted by atomic mass is 10.2. The first-order valence-electron chi connectivity index (χ1n) is 3.04. The molecule has 1 fully saturated rings. The summed E-state index contributed by atoms with van der Waals surface area (Å²) in [7, 11) is 0. The lowest BCUT2D eigenvalue weighted by molar-refractivity contribution is -0.122. The lowest BCUT2D eigenvalue weighted by Crippen LogP contribution is -2.28. The number of amides is 1. The Morgan fingerprint density at radius 1 is 1.71 bits per heavy atom. The van der Waals surface area contributed by atoms with Crippen molar-refractivity contribution in [1.29, 1.82) is 0 Å². The van der Waals surface area contributed by atoms with Crippen molar-refractivity contribution in [2.75, 3.05) is 6.54 Å². The molecular weight excluding hydrogens is 90.1 g/mol. The molecule has 40 valence electrons. The Bertz CT molecular complexity index is 105. The van der Waals surface area contributed by atoms with Gasteiger partial charge in [0, 0.05) is 13.0 Å². The third-order valence-corrected chi connectivity index (χ3v) is 1.09. The Labute approximate surface area is 44.4 Å². The van der Waals surface area contributed by atoms with Crippen LogP contribution >= 0.6 is 0 Å². The highest BCUT2D eigenvalue weighted by atomic mass is 16.1. The number of hydrogen-bond acceptors (Lipinski definition) is 1. The van der Waals surface area contributed by atoms with Crippen LogP contribution in [0.15, 0.2) is 0 Å². The summed E-state index contributed by atoms with van der Waals surface area (Å²) in [6, 6.07) is 0. The molecule has 0 aromatic rings. The highest BCUT2D eigenvalue weighted by Crippen LogP contribution is 1.98. The average Bonchev–Trinajstić information content (AvgIpc) is 1.77. The number of nitrogens with one attached hydrogen (secondary N) is 1. The molecular formula is C5H9NO. The fraction of sp³-hybridized carbons (Fsp3) is 0.800. The first-order chi connectivity index (χ1) is 3.80. The van der Waals surface area contributed by atoms with Crippen LogP contribution in [0.3, 0.4) is 0 Å². The molecule has 2 nitrogen and oxygen atoms in total. The second kappa shape index (κ2) is 1.96. The smallest absolute Gasteiger partial charge is 0.219 e. The fourth-order valence-corrected chi connectivity index (χ4v) is 0.671. The van der Waals surface area contributed by atoms with Gasteiger partial charge in [-0.05, 0) is 12.8 Å². The van der Waals surface area contributed by atoms with Gasteiger partial charge in [-0.3, -0.25) is 4.79 Å². The van der Waals surface area contributed by atoms with E-state index in [0.29, 0.717) is 13.0 Å². The van der Waals surface area contributed by atoms with Crippen LogP contribution in [0, 0.1) is 0 Å². The van der Waals surface area contributed by atoms with Gasteiger partial charge in [-0.25, -0.2) is 0 Å². The van der Waals surface area contributed by atoms with Crippen molar-refractivity contribution in [2.45, 2.75) is 19.3 Å². The predicted molar refractivity (Wildman–Crippen MR) is 26.9 cm³/mol. The monoisotopic (exact) mass is 100 g/mol. The van der Waals surface area contributed by atoms with Gasteiger partial charge in [0.05, 0.1) is 0 Å². The summed E-state index contributed by atoms with van der Waals surface area (Å²) in [5.41, 5.74) is 0. The van der Waals surface area contributed by atoms with Gasteiger partial charge in [0.1, 0.15) is 0 Å². The van der Waals surface area contributed by atoms with Gasteiger partial charge in [-0.2, -0.15) is 0 Å². The summed E-state index contributed by atoms with van der Waals surface area (Å²) < 4.78 is 6.96. The van der Waals surface area contributed by atoms with E-state index in [1.165, 1.54) is 0 Å². The van der Waals surface area contributed by atoms with Crippen LogP contribution in [0.5, 0.6) is 0 Å². The lowest BCUT2D eigenvalue weighted by Gasteiger charge is -2.08. The van der Waals surface area contributed by atoms with E-state index in [4.69, 9.17) is 1.41 Å². The Balaban J connectivity index is 2.39. The number of carbonyl (C=O) groups is 1. The van der Waals surface area contributed by atoms with E-state index in [2.05, 4.69) is 0 Å². The number of piperidine rings is 1. The summed E-state index contributed by atoms with van der Waals surface area (Å²) >= 11 is 0. The molecule has 1 aliphatic rings. The van der Waals surface area contributed by atoms with E-state index >= 15 is 0 Å². The van der Waals surface area contributed by atoms with Crippen molar-refractivity contribution in [3.05, 3.63) is 0 Å². The van der Waals surface area contributed by atoms with Crippen LogP contribution in [-0.2, 0) is 4.79 Å². The third kappa shape index (κ3) is 1.18. The maximum Gasteiger partial charge on any atom is 0.219 e. The maximum atomic E-state index is 10.5. The number of rotatable bonds is 0. The molecule has 0 spiro atoms. The minimum atomic E-state index is -0.0312. The Morgan fingerprint density at radius 3 is 3.00 bits per heavy atom. The van der Waals surface area contributed by atoms with Crippen molar-refractivity contribution >= 4 is 5.91 Å². The van der Waals surface area contributed by atoms with Crippen LogP contribution in [0.4, 0.5) is 0 Å². The quantitative estimate of drug-likeness (QED) is 0.465. The SMILES string of the molecule is [2H]N1CCCCC1=O. The van der Waals surface area contributed by atoms with Crippen molar-refractivity contribution in [3.63, 3.8) is 0 Å². The molecule has 2 heteroatoms. The van der Waals surface area contributed by atoms with E-state index < -0.39 is 0 Å². The average molecular weight is 100 g/mol. The van der Waals surface area contributed by atoms with Gasteiger partial charge in [-0.15, -0.1) is 0 Å². The zero-order valence-electron chi connectivity index (χ0n) is 5.18. The topological polar surface area (TPSA) is 29.1 Å². The van der Waals surface area contributed by atoms with E-state index in [0.717, 1.165) is 18.2 Å². The molecule has 0 saturated carbocycles. The summed E-state index contributed by atoms with van der Waals surface area (Å²) in [5, 5.41) is 1.05. The van der Waals surface area contributed by atoms with Crippen molar-refractivity contribution in [1.82, 2.24) is 5.31 Å². The van der Waals surface area contributed by atoms with E-state index in [9.17, 15) is 4.79 Å². The molecule has 0 unspecified atom stereocenters. The minimum Gasteiger partial charge on any atom is -0.356 e. The molecule has 0 bridgehead atoms. The summed E-state index contributed by atoms with van der Waals surface area (Å²) in [4.78, 5) is 10.5. The summed E-state index contributed by atoms with van der Waals surface area (Å²) in [5.74, 6) is -0.0312. The Kier molecular flexibility index (Phi) is 0.971. The Morgan fingerprint density at radius 2 is 2.57 bits per heavy atom. The third-order valence-electron chi connectivity index (χ3n) is 1.09. The van der Waals surface area contributed by atoms with Crippen LogP contribution in [0.25, 0.3) is 0 Å². The molecule has 1 saturated heterocycles. The molecule has 1 amide bonds. The molecule has 1 heterocycles. The van der Waals surface area contributed by atoms with Crippen molar-refractivity contribution in [3.8, 4) is 0 Å². The molecule has 0 aromatic carbocycles. The van der Waals surface area contributed by atoms with E-state index in [1.54, 1.807) is 0 Å². The van der Waals surface area contributed by atoms with Crippen molar-refractivity contribution in [2.24, 2.45) is 0 Å². The molecule has 0 atom stereocenters. The zero-order valence-corrected chi connectivity index (χ0v) is 4.18. The maximum absolute atomic E-state index is 10.5. The highest BCUT2D eigenvalue weighted by Gasteiger charge is 2.04. The van der Waals surface area contributed by atoms with Crippen molar-refractivity contribution < 1.29 is 6.21 Å². The first-order valence-corrected chi connectivity index (χ1v) is 2.60. The van der Waals surface area contributed by atoms with E-state index in [-0.39, 0.29) is 5.91 Å². The largest absolute Gasteiger partial charge is 0.356 e. The van der Waals surface area contributed by atoms with Crippen LogP contribution in [-0.4, -0.2) is 12.5 Å². The van der Waals surface area contributed by atoms with Gasteiger partial charge in [0.15, 0.2) is 1.41 Å². The molecule has 1 N–H and O–H groups in total. The minimum absolute atomic E-state index is 0.0312. The normalized spacial score (nSPS) is 24.9. The molecule has 0 radical (unpaired) electrons. The second-order valence-corrected chi connectivity index (χ2v) is 1.73. The van der Waals surface area contributed by atoms with Gasteiger partial charge < -0.3 is 5.31 Å². The van der Waals surface area contributed by atoms with Crippen LogP contribution < -0.4 is 5.31 Å². The van der Waals surface area contributed by atoms with Gasteiger partial charge in [0.25, 0.3) is 0 Å². The Hall–Kier alpha value is -0.530. The number of carbonyl (C=O) groups excluding carboxylic acids is 1.